The van der Waals surface area contributed by atoms with Crippen molar-refractivity contribution >= 4 is 33.2 Å². The van der Waals surface area contributed by atoms with Crippen LogP contribution in [-0.2, 0) is 10.1 Å². The molecule has 6 heteroatoms. The van der Waals surface area contributed by atoms with Gasteiger partial charge in [0.05, 0.1) is 27.8 Å². The topological polar surface area (TPSA) is 41.1 Å². The molecule has 4 rings (SSSR count). The van der Waals surface area contributed by atoms with Crippen LogP contribution in [0.5, 0.6) is 0 Å². The summed E-state index contributed by atoms with van der Waals surface area (Å²) in [6.07, 6.45) is 5.97. The molecule has 120 valence electrons. The van der Waals surface area contributed by atoms with Gasteiger partial charge in [0.2, 0.25) is 0 Å². The van der Waals surface area contributed by atoms with Crippen molar-refractivity contribution in [3.8, 4) is 17.2 Å². The summed E-state index contributed by atoms with van der Waals surface area (Å²) in [5, 5.41) is 9.33. The molecule has 1 aromatic carbocycles. The Labute approximate surface area is 148 Å². The predicted octanol–water partition coefficient (Wildman–Crippen LogP) is 4.29. The predicted molar refractivity (Wildman–Crippen MR) is 108 cm³/mol. The number of hydrogen-bond donors (Lipinski definition) is 0. The van der Waals surface area contributed by atoms with Crippen LogP contribution < -0.4 is 0 Å². The Hall–Kier alpha value is -1.31. The maximum Gasteiger partial charge on any atom is 0.130 e. The zero-order valence-corrected chi connectivity index (χ0v) is 16.6. The van der Waals surface area contributed by atoms with Crippen LogP contribution in [0.4, 0.5) is 0 Å². The van der Waals surface area contributed by atoms with Gasteiger partial charge in [0, 0.05) is 6.20 Å². The molecule has 0 N–H and O–H groups in total. The first-order chi connectivity index (χ1) is 11.4. The SMILES string of the molecule is N#CC1(c2ccc(-c3ccc4cnc(C(P)(P)P)n4c3)cc2)CC1. The third-order valence-corrected chi connectivity index (χ3v) is 5.42. The van der Waals surface area contributed by atoms with E-state index in [1.165, 1.54) is 0 Å². The fourth-order valence-corrected chi connectivity index (χ4v) is 3.69. The number of nitrogens with zero attached hydrogens (tertiary/aromatic N) is 3. The molecule has 3 aromatic rings. The van der Waals surface area contributed by atoms with E-state index in [9.17, 15) is 5.26 Å². The van der Waals surface area contributed by atoms with Gasteiger partial charge in [0.25, 0.3) is 0 Å². The van der Waals surface area contributed by atoms with Crippen LogP contribution >= 0.6 is 27.7 Å². The third-order valence-electron chi connectivity index (χ3n) is 4.65. The van der Waals surface area contributed by atoms with E-state index in [4.69, 9.17) is 0 Å². The summed E-state index contributed by atoms with van der Waals surface area (Å²) in [5.74, 6) is 0.956. The van der Waals surface area contributed by atoms with Crippen LogP contribution in [0.1, 0.15) is 24.2 Å². The first-order valence-corrected chi connectivity index (χ1v) is 9.53. The molecule has 0 saturated heterocycles. The molecular weight excluding hydrogens is 351 g/mol. The van der Waals surface area contributed by atoms with E-state index in [2.05, 4.69) is 85.8 Å². The lowest BCUT2D eigenvalue weighted by molar-refractivity contribution is 0.909. The van der Waals surface area contributed by atoms with Crippen LogP contribution in [0, 0.1) is 11.3 Å². The maximum atomic E-state index is 9.33. The molecule has 0 bridgehead atoms. The summed E-state index contributed by atoms with van der Waals surface area (Å²) in [6.45, 7) is 0. The van der Waals surface area contributed by atoms with Crippen LogP contribution in [0.25, 0.3) is 16.6 Å². The normalized spacial score (nSPS) is 16.1. The standard InChI is InChI=1S/C18H18N3P3/c19-11-17(7-8-17)14-4-1-12(2-5-14)13-3-6-15-9-20-16(18(22,23)24)21(15)10-13/h1-6,9-10H,7-8,22-24H2. The van der Waals surface area contributed by atoms with Gasteiger partial charge in [-0.3, -0.25) is 0 Å². The summed E-state index contributed by atoms with van der Waals surface area (Å²) >= 11 is 0. The van der Waals surface area contributed by atoms with Gasteiger partial charge >= 0.3 is 0 Å². The Kier molecular flexibility index (Phi) is 3.78. The quantitative estimate of drug-likeness (QED) is 0.646. The van der Waals surface area contributed by atoms with E-state index in [1.807, 2.05) is 6.20 Å². The fourth-order valence-electron chi connectivity index (χ4n) is 3.05. The molecule has 1 aliphatic carbocycles. The van der Waals surface area contributed by atoms with Gasteiger partial charge in [-0.05, 0) is 35.6 Å². The lowest BCUT2D eigenvalue weighted by Crippen LogP contribution is -2.05. The number of hydrogen-bond acceptors (Lipinski definition) is 2. The largest absolute Gasteiger partial charge is 0.302 e. The van der Waals surface area contributed by atoms with Gasteiger partial charge < -0.3 is 4.40 Å². The van der Waals surface area contributed by atoms with Crippen molar-refractivity contribution < 1.29 is 0 Å². The van der Waals surface area contributed by atoms with Crippen molar-refractivity contribution in [2.24, 2.45) is 0 Å². The van der Waals surface area contributed by atoms with Crippen LogP contribution in [0.2, 0.25) is 0 Å². The van der Waals surface area contributed by atoms with E-state index >= 15 is 0 Å². The van der Waals surface area contributed by atoms with Crippen molar-refractivity contribution in [2.45, 2.75) is 22.9 Å². The molecule has 1 fully saturated rings. The third kappa shape index (κ3) is 2.68. The molecule has 2 aromatic heterocycles. The molecule has 24 heavy (non-hydrogen) atoms. The minimum atomic E-state index is -0.250. The molecular formula is C18H18N3P3. The van der Waals surface area contributed by atoms with E-state index in [0.717, 1.165) is 40.9 Å². The molecule has 0 aliphatic heterocycles. The van der Waals surface area contributed by atoms with Crippen molar-refractivity contribution in [3.05, 3.63) is 60.2 Å². The first kappa shape index (κ1) is 16.2. The average Bonchev–Trinajstić information content (AvgIpc) is 3.25. The first-order valence-electron chi connectivity index (χ1n) is 7.79. The number of aromatic nitrogens is 2. The second-order valence-corrected chi connectivity index (χ2v) is 11.4. The fraction of sp³-hybridized carbons (Fsp3) is 0.222. The molecule has 3 atom stereocenters. The molecule has 3 nitrogen and oxygen atoms in total. The maximum absolute atomic E-state index is 9.33. The zero-order valence-electron chi connectivity index (χ0n) is 13.1. The second-order valence-electron chi connectivity index (χ2n) is 6.50. The highest BCUT2D eigenvalue weighted by molar-refractivity contribution is 7.56. The van der Waals surface area contributed by atoms with E-state index in [1.54, 1.807) is 0 Å². The van der Waals surface area contributed by atoms with Gasteiger partial charge in [0.1, 0.15) is 5.82 Å². The van der Waals surface area contributed by atoms with Crippen molar-refractivity contribution in [1.82, 2.24) is 9.38 Å². The Morgan fingerprint density at radius 3 is 2.29 bits per heavy atom. The van der Waals surface area contributed by atoms with E-state index < -0.39 is 0 Å². The summed E-state index contributed by atoms with van der Waals surface area (Å²) in [7, 11) is 8.35. The van der Waals surface area contributed by atoms with Gasteiger partial charge in [0.15, 0.2) is 0 Å². The smallest absolute Gasteiger partial charge is 0.130 e. The second kappa shape index (κ2) is 5.61. The molecule has 3 unspecified atom stereocenters. The van der Waals surface area contributed by atoms with Crippen molar-refractivity contribution in [1.29, 1.82) is 5.26 Å². The van der Waals surface area contributed by atoms with Crippen molar-refractivity contribution in [2.75, 3.05) is 0 Å². The molecule has 1 saturated carbocycles. The molecule has 0 spiro atoms. The minimum Gasteiger partial charge on any atom is -0.302 e. The number of rotatable bonds is 3. The monoisotopic (exact) mass is 369 g/mol. The highest BCUT2D eigenvalue weighted by Crippen LogP contribution is 2.48. The summed E-state index contributed by atoms with van der Waals surface area (Å²) in [6, 6.07) is 15.1. The Morgan fingerprint density at radius 2 is 1.71 bits per heavy atom. The number of nitriles is 1. The summed E-state index contributed by atoms with van der Waals surface area (Å²) in [5.41, 5.74) is 4.27. The Bertz CT molecular complexity index is 958. The van der Waals surface area contributed by atoms with Gasteiger partial charge in [-0.15, -0.1) is 27.7 Å². The molecule has 1 aliphatic rings. The van der Waals surface area contributed by atoms with Gasteiger partial charge in [-0.25, -0.2) is 4.98 Å². The van der Waals surface area contributed by atoms with E-state index in [0.29, 0.717) is 0 Å². The van der Waals surface area contributed by atoms with Crippen molar-refractivity contribution in [3.63, 3.8) is 0 Å². The number of pyridine rings is 1. The molecule has 0 amide bonds. The lowest BCUT2D eigenvalue weighted by atomic mass is 9.95. The Morgan fingerprint density at radius 1 is 1.04 bits per heavy atom. The van der Waals surface area contributed by atoms with Crippen LogP contribution in [-0.4, -0.2) is 9.38 Å². The molecule has 0 radical (unpaired) electrons. The number of imidazole rings is 1. The van der Waals surface area contributed by atoms with E-state index in [-0.39, 0.29) is 10.1 Å². The summed E-state index contributed by atoms with van der Waals surface area (Å²) in [4.78, 5) is 4.53. The summed E-state index contributed by atoms with van der Waals surface area (Å²) < 4.78 is 1.87. The van der Waals surface area contributed by atoms with Crippen LogP contribution in [0.15, 0.2) is 48.8 Å². The number of benzene rings is 1. The minimum absolute atomic E-state index is 0.224. The average molecular weight is 369 g/mol. The van der Waals surface area contributed by atoms with Gasteiger partial charge in [-0.2, -0.15) is 5.26 Å². The highest BCUT2D eigenvalue weighted by atomic mass is 31.1. The number of fused-ring (bicyclic) bond motifs is 1. The lowest BCUT2D eigenvalue weighted by Gasteiger charge is -2.17. The Balaban J connectivity index is 1.75. The molecule has 2 heterocycles. The zero-order chi connectivity index (χ0) is 16.9. The highest BCUT2D eigenvalue weighted by Gasteiger charge is 2.44. The van der Waals surface area contributed by atoms with Crippen LogP contribution in [0.3, 0.4) is 0 Å². The van der Waals surface area contributed by atoms with Gasteiger partial charge in [-0.1, -0.05) is 30.3 Å².